The maximum atomic E-state index is 13.2. The normalized spacial score (nSPS) is 17.9. The summed E-state index contributed by atoms with van der Waals surface area (Å²) in [5.41, 5.74) is 0. The molecule has 0 amide bonds. The Balaban J connectivity index is 1.44. The molecular formula is C20H27N5O4S. The summed E-state index contributed by atoms with van der Waals surface area (Å²) < 4.78 is 38.2. The largest absolute Gasteiger partial charge is 0.497 e. The van der Waals surface area contributed by atoms with Crippen LogP contribution in [0, 0.1) is 0 Å². The van der Waals surface area contributed by atoms with E-state index in [0.29, 0.717) is 31.9 Å². The third kappa shape index (κ3) is 4.01. The van der Waals surface area contributed by atoms with Crippen molar-refractivity contribution in [2.45, 2.75) is 17.7 Å². The van der Waals surface area contributed by atoms with E-state index >= 15 is 0 Å². The molecule has 3 heterocycles. The van der Waals surface area contributed by atoms with Gasteiger partial charge in [-0.05, 0) is 37.1 Å². The number of anilines is 2. The summed E-state index contributed by atoms with van der Waals surface area (Å²) in [7, 11) is -0.685. The average Bonchev–Trinajstić information content (AvgIpc) is 3.34. The number of benzene rings is 1. The van der Waals surface area contributed by atoms with Gasteiger partial charge in [0.2, 0.25) is 10.0 Å². The van der Waals surface area contributed by atoms with Crippen molar-refractivity contribution in [1.29, 1.82) is 0 Å². The highest BCUT2D eigenvalue weighted by Gasteiger charge is 2.31. The van der Waals surface area contributed by atoms with Crippen molar-refractivity contribution in [3.05, 3.63) is 30.3 Å². The lowest BCUT2D eigenvalue weighted by atomic mass is 10.3. The van der Waals surface area contributed by atoms with Crippen LogP contribution in [0.25, 0.3) is 0 Å². The maximum absolute atomic E-state index is 13.2. The lowest BCUT2D eigenvalue weighted by molar-refractivity contribution is 0.369. The molecule has 0 spiro atoms. The number of aromatic nitrogens is 2. The second-order valence-corrected chi connectivity index (χ2v) is 9.26. The van der Waals surface area contributed by atoms with Crippen LogP contribution < -0.4 is 19.3 Å². The van der Waals surface area contributed by atoms with Gasteiger partial charge in [-0.15, -0.1) is 10.2 Å². The first-order chi connectivity index (χ1) is 14.5. The van der Waals surface area contributed by atoms with Crippen molar-refractivity contribution in [2.24, 2.45) is 0 Å². The van der Waals surface area contributed by atoms with Gasteiger partial charge in [-0.3, -0.25) is 0 Å². The number of piperazine rings is 1. The number of hydrogen-bond donors (Lipinski definition) is 0. The zero-order valence-corrected chi connectivity index (χ0v) is 18.1. The van der Waals surface area contributed by atoms with Crippen LogP contribution in [0.1, 0.15) is 12.8 Å². The topological polar surface area (TPSA) is 88.1 Å². The second-order valence-electron chi connectivity index (χ2n) is 7.35. The smallest absolute Gasteiger partial charge is 0.246 e. The molecule has 0 aliphatic carbocycles. The highest BCUT2D eigenvalue weighted by molar-refractivity contribution is 7.89. The van der Waals surface area contributed by atoms with Crippen LogP contribution in [0.5, 0.6) is 11.5 Å². The predicted octanol–water partition coefficient (Wildman–Crippen LogP) is 1.60. The highest BCUT2D eigenvalue weighted by Crippen LogP contribution is 2.31. The average molecular weight is 434 g/mol. The Morgan fingerprint density at radius 3 is 1.93 bits per heavy atom. The van der Waals surface area contributed by atoms with E-state index in [-0.39, 0.29) is 10.6 Å². The van der Waals surface area contributed by atoms with Gasteiger partial charge in [0.05, 0.1) is 14.2 Å². The number of ether oxygens (including phenoxy) is 2. The Hall–Kier alpha value is -2.59. The fourth-order valence-corrected chi connectivity index (χ4v) is 5.45. The zero-order valence-electron chi connectivity index (χ0n) is 17.3. The van der Waals surface area contributed by atoms with Gasteiger partial charge in [0.1, 0.15) is 16.4 Å². The molecule has 30 heavy (non-hydrogen) atoms. The van der Waals surface area contributed by atoms with Gasteiger partial charge in [0.15, 0.2) is 11.6 Å². The number of nitrogens with zero attached hydrogens (tertiary/aromatic N) is 5. The fourth-order valence-electron chi connectivity index (χ4n) is 3.89. The molecule has 10 heteroatoms. The summed E-state index contributed by atoms with van der Waals surface area (Å²) in [5.74, 6) is 2.51. The molecule has 1 aromatic heterocycles. The first-order valence-electron chi connectivity index (χ1n) is 10.1. The Kier molecular flexibility index (Phi) is 5.96. The van der Waals surface area contributed by atoms with Gasteiger partial charge in [-0.1, -0.05) is 0 Å². The summed E-state index contributed by atoms with van der Waals surface area (Å²) in [5, 5.41) is 8.74. The van der Waals surface area contributed by atoms with Crippen LogP contribution in [0.4, 0.5) is 11.6 Å². The van der Waals surface area contributed by atoms with E-state index in [0.717, 1.165) is 24.7 Å². The van der Waals surface area contributed by atoms with Gasteiger partial charge in [0, 0.05) is 45.3 Å². The first kappa shape index (κ1) is 20.7. The van der Waals surface area contributed by atoms with E-state index in [9.17, 15) is 8.42 Å². The Morgan fingerprint density at radius 1 is 0.800 bits per heavy atom. The Bertz CT molecular complexity index is 969. The summed E-state index contributed by atoms with van der Waals surface area (Å²) >= 11 is 0. The predicted molar refractivity (Wildman–Crippen MR) is 114 cm³/mol. The number of sulfonamides is 1. The summed E-state index contributed by atoms with van der Waals surface area (Å²) in [6.07, 6.45) is 2.39. The molecule has 0 unspecified atom stereocenters. The van der Waals surface area contributed by atoms with Crippen LogP contribution in [0.15, 0.2) is 35.2 Å². The molecule has 9 nitrogen and oxygen atoms in total. The van der Waals surface area contributed by atoms with E-state index in [4.69, 9.17) is 9.47 Å². The number of methoxy groups -OCH3 is 2. The summed E-state index contributed by atoms with van der Waals surface area (Å²) in [6.45, 7) is 3.89. The molecule has 2 saturated heterocycles. The molecule has 0 bridgehead atoms. The first-order valence-corrected chi connectivity index (χ1v) is 11.5. The van der Waals surface area contributed by atoms with Gasteiger partial charge < -0.3 is 19.3 Å². The van der Waals surface area contributed by atoms with Gasteiger partial charge in [0.25, 0.3) is 0 Å². The minimum Gasteiger partial charge on any atom is -0.497 e. The zero-order chi connectivity index (χ0) is 21.1. The highest BCUT2D eigenvalue weighted by atomic mass is 32.2. The number of hydrogen-bond acceptors (Lipinski definition) is 8. The van der Waals surface area contributed by atoms with E-state index in [1.807, 2.05) is 12.1 Å². The van der Waals surface area contributed by atoms with Crippen LogP contribution >= 0.6 is 0 Å². The fraction of sp³-hybridized carbons (Fsp3) is 0.500. The minimum atomic E-state index is -3.67. The van der Waals surface area contributed by atoms with Crippen molar-refractivity contribution in [1.82, 2.24) is 14.5 Å². The third-order valence-electron chi connectivity index (χ3n) is 5.62. The van der Waals surface area contributed by atoms with Crippen molar-refractivity contribution < 1.29 is 17.9 Å². The Morgan fingerprint density at radius 2 is 1.40 bits per heavy atom. The standard InChI is InChI=1S/C20H27N5O4S/c1-28-16-5-6-18(17(15-16)29-2)30(26,27)25-13-11-24(12-14-25)20-8-7-19(21-22-20)23-9-3-4-10-23/h5-8,15H,3-4,9-14H2,1-2H3. The molecule has 0 radical (unpaired) electrons. The van der Waals surface area contributed by atoms with Crippen LogP contribution in [-0.4, -0.2) is 76.4 Å². The molecule has 162 valence electrons. The molecule has 2 fully saturated rings. The lowest BCUT2D eigenvalue weighted by Crippen LogP contribution is -2.49. The third-order valence-corrected chi connectivity index (χ3v) is 7.56. The molecule has 2 aliphatic rings. The van der Waals surface area contributed by atoms with Crippen LogP contribution in [-0.2, 0) is 10.0 Å². The molecule has 2 aliphatic heterocycles. The van der Waals surface area contributed by atoms with Crippen LogP contribution in [0.3, 0.4) is 0 Å². The molecule has 0 N–H and O–H groups in total. The van der Waals surface area contributed by atoms with E-state index < -0.39 is 10.0 Å². The van der Waals surface area contributed by atoms with Crippen molar-refractivity contribution in [3.8, 4) is 11.5 Å². The molecule has 0 saturated carbocycles. The minimum absolute atomic E-state index is 0.147. The van der Waals surface area contributed by atoms with Crippen molar-refractivity contribution >= 4 is 21.7 Å². The summed E-state index contributed by atoms with van der Waals surface area (Å²) in [6, 6.07) is 8.71. The molecule has 2 aromatic rings. The second kappa shape index (κ2) is 8.65. The number of rotatable bonds is 6. The summed E-state index contributed by atoms with van der Waals surface area (Å²) in [4.78, 5) is 4.45. The monoisotopic (exact) mass is 433 g/mol. The molecule has 0 atom stereocenters. The lowest BCUT2D eigenvalue weighted by Gasteiger charge is -2.34. The van der Waals surface area contributed by atoms with Gasteiger partial charge in [-0.2, -0.15) is 4.31 Å². The van der Waals surface area contributed by atoms with Gasteiger partial charge in [-0.25, -0.2) is 8.42 Å². The molecular weight excluding hydrogens is 406 g/mol. The molecule has 1 aromatic carbocycles. The SMILES string of the molecule is COc1ccc(S(=O)(=O)N2CCN(c3ccc(N4CCCC4)nn3)CC2)c(OC)c1. The Labute approximate surface area is 177 Å². The quantitative estimate of drug-likeness (QED) is 0.679. The van der Waals surface area contributed by atoms with E-state index in [1.54, 1.807) is 12.1 Å². The van der Waals surface area contributed by atoms with E-state index in [1.165, 1.54) is 37.4 Å². The van der Waals surface area contributed by atoms with Crippen molar-refractivity contribution in [2.75, 3.05) is 63.3 Å². The van der Waals surface area contributed by atoms with E-state index in [2.05, 4.69) is 20.0 Å². The molecule has 4 rings (SSSR count). The van der Waals surface area contributed by atoms with Crippen molar-refractivity contribution in [3.63, 3.8) is 0 Å². The van der Waals surface area contributed by atoms with Gasteiger partial charge >= 0.3 is 0 Å². The van der Waals surface area contributed by atoms with Crippen LogP contribution in [0.2, 0.25) is 0 Å². The maximum Gasteiger partial charge on any atom is 0.246 e.